The van der Waals surface area contributed by atoms with E-state index in [1.807, 2.05) is 0 Å². The zero-order valence-corrected chi connectivity index (χ0v) is 6.67. The molecule has 1 amide bonds. The summed E-state index contributed by atoms with van der Waals surface area (Å²) < 4.78 is 0. The molecule has 2 atom stereocenters. The second kappa shape index (κ2) is 3.69. The van der Waals surface area contributed by atoms with Gasteiger partial charge in [-0.05, 0) is 12.8 Å². The molecule has 0 spiro atoms. The van der Waals surface area contributed by atoms with E-state index < -0.39 is 0 Å². The first kappa shape index (κ1) is 8.49. The van der Waals surface area contributed by atoms with Crippen LogP contribution in [-0.2, 0) is 9.63 Å². The van der Waals surface area contributed by atoms with Gasteiger partial charge in [-0.3, -0.25) is 9.63 Å². The first-order valence-electron chi connectivity index (χ1n) is 3.84. The van der Waals surface area contributed by atoms with E-state index >= 15 is 0 Å². The van der Waals surface area contributed by atoms with Crippen molar-refractivity contribution in [1.29, 1.82) is 0 Å². The van der Waals surface area contributed by atoms with Gasteiger partial charge in [-0.15, -0.1) is 0 Å². The average Bonchev–Trinajstić information content (AvgIpc) is 2.36. The Labute approximate surface area is 66.0 Å². The van der Waals surface area contributed by atoms with Gasteiger partial charge in [0.1, 0.15) is 0 Å². The molecule has 0 aromatic carbocycles. The van der Waals surface area contributed by atoms with Crippen LogP contribution in [0.1, 0.15) is 19.3 Å². The third kappa shape index (κ3) is 1.91. The van der Waals surface area contributed by atoms with Gasteiger partial charge in [0.05, 0.1) is 13.0 Å². The fraction of sp³-hybridized carbons (Fsp3) is 0.857. The first-order valence-corrected chi connectivity index (χ1v) is 3.84. The number of rotatable bonds is 2. The summed E-state index contributed by atoms with van der Waals surface area (Å²) in [5.74, 6) is -0.132. The van der Waals surface area contributed by atoms with Crippen LogP contribution in [0, 0.1) is 5.92 Å². The van der Waals surface area contributed by atoms with E-state index in [1.165, 1.54) is 7.11 Å². The minimum absolute atomic E-state index is 0.0187. The van der Waals surface area contributed by atoms with E-state index in [0.29, 0.717) is 0 Å². The third-order valence-corrected chi connectivity index (χ3v) is 2.11. The summed E-state index contributed by atoms with van der Waals surface area (Å²) in [6.07, 6.45) is 2.88. The van der Waals surface area contributed by atoms with Crippen molar-refractivity contribution in [1.82, 2.24) is 5.48 Å². The fourth-order valence-corrected chi connectivity index (χ4v) is 1.49. The number of carbonyl (C=O) groups is 1. The molecule has 0 aromatic heterocycles. The molecule has 1 aliphatic carbocycles. The van der Waals surface area contributed by atoms with Gasteiger partial charge in [-0.25, -0.2) is 5.48 Å². The van der Waals surface area contributed by atoms with Crippen molar-refractivity contribution in [3.8, 4) is 0 Å². The number of hydrogen-bond donors (Lipinski definition) is 2. The van der Waals surface area contributed by atoms with Gasteiger partial charge in [0.15, 0.2) is 0 Å². The predicted molar refractivity (Wildman–Crippen MR) is 40.5 cm³/mol. The highest BCUT2D eigenvalue weighted by atomic mass is 16.6. The molecule has 0 saturated heterocycles. The number of nitrogens with one attached hydrogen (secondary N) is 1. The second-order valence-corrected chi connectivity index (χ2v) is 2.87. The molecule has 1 saturated carbocycles. The Balaban J connectivity index is 2.39. The lowest BCUT2D eigenvalue weighted by atomic mass is 10.0. The summed E-state index contributed by atoms with van der Waals surface area (Å²) in [4.78, 5) is 15.6. The van der Waals surface area contributed by atoms with E-state index in [4.69, 9.17) is 5.73 Å². The van der Waals surface area contributed by atoms with Crippen LogP contribution in [0.25, 0.3) is 0 Å². The van der Waals surface area contributed by atoms with E-state index in [9.17, 15) is 4.79 Å². The summed E-state index contributed by atoms with van der Waals surface area (Å²) in [7, 11) is 1.43. The standard InChI is InChI=1S/C7H14N2O2/c1-11-9-7(10)5-3-2-4-6(5)8/h5-6H,2-4,8H2,1H3,(H,9,10). The Morgan fingerprint density at radius 1 is 1.64 bits per heavy atom. The molecule has 1 fully saturated rings. The lowest BCUT2D eigenvalue weighted by Gasteiger charge is -2.13. The molecule has 0 aromatic rings. The van der Waals surface area contributed by atoms with Crippen LogP contribution in [0.5, 0.6) is 0 Å². The molecule has 4 nitrogen and oxygen atoms in total. The Morgan fingerprint density at radius 2 is 2.36 bits per heavy atom. The third-order valence-electron chi connectivity index (χ3n) is 2.11. The summed E-state index contributed by atoms with van der Waals surface area (Å²) in [6.45, 7) is 0. The molecule has 4 heteroatoms. The van der Waals surface area contributed by atoms with Crippen LogP contribution >= 0.6 is 0 Å². The van der Waals surface area contributed by atoms with E-state index in [0.717, 1.165) is 19.3 Å². The molecular formula is C7H14N2O2. The van der Waals surface area contributed by atoms with E-state index in [1.54, 1.807) is 0 Å². The van der Waals surface area contributed by atoms with Crippen molar-refractivity contribution in [2.24, 2.45) is 11.7 Å². The number of hydroxylamine groups is 1. The van der Waals surface area contributed by atoms with Gasteiger partial charge in [0, 0.05) is 6.04 Å². The Kier molecular flexibility index (Phi) is 2.84. The normalized spacial score (nSPS) is 30.4. The summed E-state index contributed by atoms with van der Waals surface area (Å²) in [5, 5.41) is 0. The minimum Gasteiger partial charge on any atom is -0.327 e. The number of carbonyl (C=O) groups excluding carboxylic acids is 1. The maximum Gasteiger partial charge on any atom is 0.248 e. The molecule has 11 heavy (non-hydrogen) atoms. The lowest BCUT2D eigenvalue weighted by molar-refractivity contribution is -0.135. The molecule has 0 aliphatic heterocycles. The zero-order chi connectivity index (χ0) is 8.27. The van der Waals surface area contributed by atoms with Gasteiger partial charge in [0.25, 0.3) is 0 Å². The summed E-state index contributed by atoms with van der Waals surface area (Å²) >= 11 is 0. The molecule has 1 aliphatic rings. The van der Waals surface area contributed by atoms with E-state index in [-0.39, 0.29) is 17.9 Å². The summed E-state index contributed by atoms with van der Waals surface area (Å²) in [5.41, 5.74) is 7.99. The van der Waals surface area contributed by atoms with Crippen molar-refractivity contribution < 1.29 is 9.63 Å². The minimum atomic E-state index is -0.0856. The average molecular weight is 158 g/mol. The van der Waals surface area contributed by atoms with Crippen LogP contribution < -0.4 is 11.2 Å². The highest BCUT2D eigenvalue weighted by molar-refractivity contribution is 5.78. The molecule has 3 N–H and O–H groups in total. The predicted octanol–water partition coefficient (Wildman–Crippen LogP) is -0.209. The maximum atomic E-state index is 11.1. The highest BCUT2D eigenvalue weighted by Crippen LogP contribution is 2.23. The quantitative estimate of drug-likeness (QED) is 0.546. The molecule has 1 rings (SSSR count). The molecule has 0 bridgehead atoms. The number of hydrogen-bond acceptors (Lipinski definition) is 3. The maximum absolute atomic E-state index is 11.1. The van der Waals surface area contributed by atoms with Crippen LogP contribution in [0.3, 0.4) is 0 Å². The monoisotopic (exact) mass is 158 g/mol. The molecule has 0 radical (unpaired) electrons. The van der Waals surface area contributed by atoms with Crippen molar-refractivity contribution in [3.63, 3.8) is 0 Å². The Hall–Kier alpha value is -0.610. The van der Waals surface area contributed by atoms with Gasteiger partial charge in [0.2, 0.25) is 5.91 Å². The summed E-state index contributed by atoms with van der Waals surface area (Å²) in [6, 6.07) is 0.0187. The second-order valence-electron chi connectivity index (χ2n) is 2.87. The SMILES string of the molecule is CONC(=O)C1CCCC1N. The number of nitrogens with two attached hydrogens (primary N) is 1. The van der Waals surface area contributed by atoms with Crippen molar-refractivity contribution in [2.75, 3.05) is 7.11 Å². The topological polar surface area (TPSA) is 64.3 Å². The number of amides is 1. The fourth-order valence-electron chi connectivity index (χ4n) is 1.49. The van der Waals surface area contributed by atoms with Gasteiger partial charge in [-0.2, -0.15) is 0 Å². The van der Waals surface area contributed by atoms with Crippen molar-refractivity contribution >= 4 is 5.91 Å². The largest absolute Gasteiger partial charge is 0.327 e. The smallest absolute Gasteiger partial charge is 0.248 e. The van der Waals surface area contributed by atoms with E-state index in [2.05, 4.69) is 10.3 Å². The van der Waals surface area contributed by atoms with Crippen LogP contribution in [0.4, 0.5) is 0 Å². The zero-order valence-electron chi connectivity index (χ0n) is 6.67. The molecule has 64 valence electrons. The lowest BCUT2D eigenvalue weighted by Crippen LogP contribution is -2.38. The molecular weight excluding hydrogens is 144 g/mol. The van der Waals surface area contributed by atoms with Crippen LogP contribution in [0.15, 0.2) is 0 Å². The van der Waals surface area contributed by atoms with Crippen molar-refractivity contribution in [2.45, 2.75) is 25.3 Å². The molecule has 0 heterocycles. The molecule has 2 unspecified atom stereocenters. The van der Waals surface area contributed by atoms with Gasteiger partial charge < -0.3 is 5.73 Å². The van der Waals surface area contributed by atoms with Crippen LogP contribution in [-0.4, -0.2) is 19.1 Å². The van der Waals surface area contributed by atoms with Crippen molar-refractivity contribution in [3.05, 3.63) is 0 Å². The van der Waals surface area contributed by atoms with Gasteiger partial charge in [-0.1, -0.05) is 6.42 Å². The first-order chi connectivity index (χ1) is 5.25. The van der Waals surface area contributed by atoms with Gasteiger partial charge >= 0.3 is 0 Å². The Bertz CT molecular complexity index is 149. The Morgan fingerprint density at radius 3 is 2.82 bits per heavy atom. The van der Waals surface area contributed by atoms with Crippen LogP contribution in [0.2, 0.25) is 0 Å². The highest BCUT2D eigenvalue weighted by Gasteiger charge is 2.29.